The molecule has 0 amide bonds. The van der Waals surface area contributed by atoms with E-state index in [4.69, 9.17) is 5.73 Å². The van der Waals surface area contributed by atoms with Crippen molar-refractivity contribution in [2.75, 3.05) is 10.8 Å². The average molecular weight is 304 g/mol. The normalized spacial score (nSPS) is 11.4. The van der Waals surface area contributed by atoms with Gasteiger partial charge in [0.05, 0.1) is 10.6 Å². The smallest absolute Gasteiger partial charge is 0.264 e. The standard InChI is InChI=1S/C16H20N2O2S/c1-3-18(15-9-6-7-13(2)11-15)21(19,20)16-10-5-4-8-14(16)12-17/h4-11H,3,12,17H2,1-2H3. The summed E-state index contributed by atoms with van der Waals surface area (Å²) in [6, 6.07) is 14.3. The molecular formula is C16H20N2O2S. The van der Waals surface area contributed by atoms with Crippen molar-refractivity contribution in [3.8, 4) is 0 Å². The summed E-state index contributed by atoms with van der Waals surface area (Å²) in [6.45, 7) is 4.33. The van der Waals surface area contributed by atoms with E-state index in [1.807, 2.05) is 32.0 Å². The van der Waals surface area contributed by atoms with Crippen molar-refractivity contribution in [1.29, 1.82) is 0 Å². The van der Waals surface area contributed by atoms with Crippen molar-refractivity contribution in [2.45, 2.75) is 25.3 Å². The SMILES string of the molecule is CCN(c1cccc(C)c1)S(=O)(=O)c1ccccc1CN. The molecule has 0 aliphatic rings. The molecule has 5 heteroatoms. The fourth-order valence-electron chi connectivity index (χ4n) is 2.32. The van der Waals surface area contributed by atoms with E-state index < -0.39 is 10.0 Å². The summed E-state index contributed by atoms with van der Waals surface area (Å²) in [5.74, 6) is 0. The molecule has 0 fully saturated rings. The van der Waals surface area contributed by atoms with Crippen LogP contribution in [0.1, 0.15) is 18.1 Å². The van der Waals surface area contributed by atoms with E-state index in [0.717, 1.165) is 5.56 Å². The highest BCUT2D eigenvalue weighted by molar-refractivity contribution is 7.92. The zero-order chi connectivity index (χ0) is 15.5. The number of aryl methyl sites for hydroxylation is 1. The van der Waals surface area contributed by atoms with Crippen LogP contribution < -0.4 is 10.0 Å². The van der Waals surface area contributed by atoms with Crippen molar-refractivity contribution in [1.82, 2.24) is 0 Å². The Morgan fingerprint density at radius 1 is 1.10 bits per heavy atom. The van der Waals surface area contributed by atoms with Crippen LogP contribution in [-0.2, 0) is 16.6 Å². The molecule has 0 spiro atoms. The lowest BCUT2D eigenvalue weighted by molar-refractivity contribution is 0.590. The van der Waals surface area contributed by atoms with Gasteiger partial charge >= 0.3 is 0 Å². The predicted molar refractivity (Wildman–Crippen MR) is 85.7 cm³/mol. The number of rotatable bonds is 5. The minimum Gasteiger partial charge on any atom is -0.326 e. The highest BCUT2D eigenvalue weighted by Crippen LogP contribution is 2.26. The lowest BCUT2D eigenvalue weighted by Gasteiger charge is -2.24. The minimum absolute atomic E-state index is 0.195. The summed E-state index contributed by atoms with van der Waals surface area (Å²) in [7, 11) is -3.61. The van der Waals surface area contributed by atoms with Gasteiger partial charge in [0.25, 0.3) is 10.0 Å². The van der Waals surface area contributed by atoms with Crippen LogP contribution in [0.5, 0.6) is 0 Å². The highest BCUT2D eigenvalue weighted by Gasteiger charge is 2.25. The molecule has 0 saturated carbocycles. The van der Waals surface area contributed by atoms with Crippen LogP contribution in [0, 0.1) is 6.92 Å². The van der Waals surface area contributed by atoms with Crippen LogP contribution in [0.15, 0.2) is 53.4 Å². The Labute approximate surface area is 126 Å². The number of nitrogens with two attached hydrogens (primary N) is 1. The molecule has 2 aromatic carbocycles. The first-order valence-electron chi connectivity index (χ1n) is 6.88. The number of sulfonamides is 1. The van der Waals surface area contributed by atoms with Crippen molar-refractivity contribution in [3.05, 3.63) is 59.7 Å². The lowest BCUT2D eigenvalue weighted by Crippen LogP contribution is -2.31. The van der Waals surface area contributed by atoms with E-state index in [9.17, 15) is 8.42 Å². The molecular weight excluding hydrogens is 284 g/mol. The van der Waals surface area contributed by atoms with Gasteiger partial charge in [-0.2, -0.15) is 0 Å². The first-order valence-corrected chi connectivity index (χ1v) is 8.32. The van der Waals surface area contributed by atoms with Crippen LogP contribution >= 0.6 is 0 Å². The van der Waals surface area contributed by atoms with Gasteiger partial charge < -0.3 is 5.73 Å². The summed E-state index contributed by atoms with van der Waals surface area (Å²) in [4.78, 5) is 0.274. The third-order valence-electron chi connectivity index (χ3n) is 3.34. The molecule has 0 heterocycles. The molecule has 0 bridgehead atoms. The Kier molecular flexibility index (Phi) is 4.65. The zero-order valence-corrected chi connectivity index (χ0v) is 13.1. The largest absolute Gasteiger partial charge is 0.326 e. The Morgan fingerprint density at radius 2 is 1.81 bits per heavy atom. The summed E-state index contributed by atoms with van der Waals surface area (Å²) in [5, 5.41) is 0. The van der Waals surface area contributed by atoms with E-state index in [0.29, 0.717) is 17.8 Å². The molecule has 0 aromatic heterocycles. The quantitative estimate of drug-likeness (QED) is 0.923. The summed E-state index contributed by atoms with van der Waals surface area (Å²) in [6.07, 6.45) is 0. The number of nitrogens with zero attached hydrogens (tertiary/aromatic N) is 1. The molecule has 112 valence electrons. The first kappa shape index (κ1) is 15.5. The topological polar surface area (TPSA) is 63.4 Å². The third kappa shape index (κ3) is 3.09. The van der Waals surface area contributed by atoms with Crippen molar-refractivity contribution >= 4 is 15.7 Å². The Bertz CT molecular complexity index is 727. The Morgan fingerprint density at radius 3 is 2.43 bits per heavy atom. The van der Waals surface area contributed by atoms with Gasteiger partial charge in [-0.05, 0) is 43.2 Å². The molecule has 2 N–H and O–H groups in total. The molecule has 0 aliphatic carbocycles. The molecule has 21 heavy (non-hydrogen) atoms. The van der Waals surface area contributed by atoms with E-state index >= 15 is 0 Å². The van der Waals surface area contributed by atoms with Crippen LogP contribution in [0.25, 0.3) is 0 Å². The van der Waals surface area contributed by atoms with E-state index in [-0.39, 0.29) is 11.4 Å². The fourth-order valence-corrected chi connectivity index (χ4v) is 4.02. The number of benzene rings is 2. The van der Waals surface area contributed by atoms with Gasteiger partial charge in [0.2, 0.25) is 0 Å². The summed E-state index contributed by atoms with van der Waals surface area (Å²) < 4.78 is 27.3. The maximum absolute atomic E-state index is 12.9. The number of hydrogen-bond acceptors (Lipinski definition) is 3. The van der Waals surface area contributed by atoms with E-state index in [1.165, 1.54) is 4.31 Å². The van der Waals surface area contributed by atoms with Gasteiger partial charge in [0.1, 0.15) is 0 Å². The predicted octanol–water partition coefficient (Wildman–Crippen LogP) is 2.67. The van der Waals surface area contributed by atoms with Gasteiger partial charge in [-0.25, -0.2) is 8.42 Å². The van der Waals surface area contributed by atoms with Gasteiger partial charge in [0, 0.05) is 13.1 Å². The minimum atomic E-state index is -3.61. The fraction of sp³-hybridized carbons (Fsp3) is 0.250. The zero-order valence-electron chi connectivity index (χ0n) is 12.3. The van der Waals surface area contributed by atoms with Gasteiger partial charge in [-0.15, -0.1) is 0 Å². The number of hydrogen-bond donors (Lipinski definition) is 1. The van der Waals surface area contributed by atoms with E-state index in [2.05, 4.69) is 0 Å². The third-order valence-corrected chi connectivity index (χ3v) is 5.34. The molecule has 2 rings (SSSR count). The molecule has 0 saturated heterocycles. The Hall–Kier alpha value is -1.85. The van der Waals surface area contributed by atoms with Gasteiger partial charge in [-0.3, -0.25) is 4.31 Å². The second kappa shape index (κ2) is 6.28. The van der Waals surface area contributed by atoms with Crippen molar-refractivity contribution < 1.29 is 8.42 Å². The second-order valence-electron chi connectivity index (χ2n) is 4.82. The van der Waals surface area contributed by atoms with Crippen LogP contribution in [0.3, 0.4) is 0 Å². The van der Waals surface area contributed by atoms with Gasteiger partial charge in [0.15, 0.2) is 0 Å². The highest BCUT2D eigenvalue weighted by atomic mass is 32.2. The Balaban J connectivity index is 2.55. The molecule has 0 aliphatic heterocycles. The van der Waals surface area contributed by atoms with Crippen LogP contribution in [-0.4, -0.2) is 15.0 Å². The lowest BCUT2D eigenvalue weighted by atomic mass is 10.2. The van der Waals surface area contributed by atoms with E-state index in [1.54, 1.807) is 30.3 Å². The summed E-state index contributed by atoms with van der Waals surface area (Å²) >= 11 is 0. The molecule has 2 aromatic rings. The van der Waals surface area contributed by atoms with Crippen molar-refractivity contribution in [2.24, 2.45) is 5.73 Å². The monoisotopic (exact) mass is 304 g/mol. The summed E-state index contributed by atoms with van der Waals surface area (Å²) in [5.41, 5.74) is 7.99. The molecule has 4 nitrogen and oxygen atoms in total. The maximum Gasteiger partial charge on any atom is 0.264 e. The molecule has 0 atom stereocenters. The first-order chi connectivity index (χ1) is 10.0. The van der Waals surface area contributed by atoms with Crippen LogP contribution in [0.2, 0.25) is 0 Å². The number of anilines is 1. The molecule has 0 unspecified atom stereocenters. The molecule has 0 radical (unpaired) electrons. The second-order valence-corrected chi connectivity index (χ2v) is 6.65. The maximum atomic E-state index is 12.9. The average Bonchev–Trinajstić information content (AvgIpc) is 2.47. The van der Waals surface area contributed by atoms with Crippen molar-refractivity contribution in [3.63, 3.8) is 0 Å². The van der Waals surface area contributed by atoms with Gasteiger partial charge in [-0.1, -0.05) is 30.3 Å². The van der Waals surface area contributed by atoms with Crippen LogP contribution in [0.4, 0.5) is 5.69 Å².